The van der Waals surface area contributed by atoms with Crippen LogP contribution in [0.2, 0.25) is 0 Å². The molecule has 1 fully saturated rings. The Morgan fingerprint density at radius 2 is 2.14 bits per heavy atom. The second-order valence-electron chi connectivity index (χ2n) is 6.11. The summed E-state index contributed by atoms with van der Waals surface area (Å²) in [6.45, 7) is 5.85. The standard InChI is InChI=1S/C17H25N3O/c1-13-5-7-14(8-6-13)16-15(4-3-11-21-16)12-19-17-18-9-10-20(17)2/h5-8,15-16H,3-4,9-12H2,1-2H3,(H,18,19). The van der Waals surface area contributed by atoms with E-state index in [1.54, 1.807) is 0 Å². The number of rotatable bonds is 3. The summed E-state index contributed by atoms with van der Waals surface area (Å²) in [5, 5.41) is 3.51. The molecule has 1 aromatic carbocycles. The normalized spacial score (nSPS) is 25.8. The highest BCUT2D eigenvalue weighted by atomic mass is 16.5. The van der Waals surface area contributed by atoms with Gasteiger partial charge in [-0.25, -0.2) is 0 Å². The number of likely N-dealkylation sites (N-methyl/N-ethyl adjacent to an activating group) is 1. The summed E-state index contributed by atoms with van der Waals surface area (Å²) in [4.78, 5) is 6.69. The first-order valence-corrected chi connectivity index (χ1v) is 7.91. The molecule has 4 nitrogen and oxygen atoms in total. The van der Waals surface area contributed by atoms with E-state index < -0.39 is 0 Å². The maximum absolute atomic E-state index is 6.07. The Hall–Kier alpha value is -1.55. The Labute approximate surface area is 127 Å². The van der Waals surface area contributed by atoms with Gasteiger partial charge >= 0.3 is 0 Å². The lowest BCUT2D eigenvalue weighted by molar-refractivity contribution is -0.0266. The first kappa shape index (κ1) is 14.4. The molecular weight excluding hydrogens is 262 g/mol. The molecule has 0 saturated carbocycles. The van der Waals surface area contributed by atoms with Crippen LogP contribution in [0.1, 0.15) is 30.1 Å². The zero-order chi connectivity index (χ0) is 14.7. The van der Waals surface area contributed by atoms with Crippen molar-refractivity contribution in [2.75, 3.05) is 33.3 Å². The Balaban J connectivity index is 1.65. The lowest BCUT2D eigenvalue weighted by atomic mass is 9.89. The van der Waals surface area contributed by atoms with Gasteiger partial charge in [-0.3, -0.25) is 4.99 Å². The first-order chi connectivity index (χ1) is 10.2. The molecule has 2 aliphatic heterocycles. The summed E-state index contributed by atoms with van der Waals surface area (Å²) in [5.74, 6) is 1.54. The van der Waals surface area contributed by atoms with Crippen LogP contribution in [-0.4, -0.2) is 44.1 Å². The highest BCUT2D eigenvalue weighted by Gasteiger charge is 2.28. The van der Waals surface area contributed by atoms with Crippen LogP contribution >= 0.6 is 0 Å². The number of ether oxygens (including phenoxy) is 1. The number of hydrogen-bond donors (Lipinski definition) is 1. The second-order valence-corrected chi connectivity index (χ2v) is 6.11. The zero-order valence-corrected chi connectivity index (χ0v) is 13.0. The Morgan fingerprint density at radius 3 is 2.86 bits per heavy atom. The molecule has 0 amide bonds. The summed E-state index contributed by atoms with van der Waals surface area (Å²) < 4.78 is 6.07. The van der Waals surface area contributed by atoms with Crippen LogP contribution in [0.4, 0.5) is 0 Å². The van der Waals surface area contributed by atoms with E-state index in [1.165, 1.54) is 17.5 Å². The van der Waals surface area contributed by atoms with Crippen molar-refractivity contribution in [1.29, 1.82) is 0 Å². The van der Waals surface area contributed by atoms with Crippen molar-refractivity contribution in [1.82, 2.24) is 10.2 Å². The van der Waals surface area contributed by atoms with Gasteiger partial charge in [0.25, 0.3) is 0 Å². The third-order valence-electron chi connectivity index (χ3n) is 4.43. The molecule has 1 N–H and O–H groups in total. The minimum absolute atomic E-state index is 0.208. The third-order valence-corrected chi connectivity index (χ3v) is 4.43. The fourth-order valence-corrected chi connectivity index (χ4v) is 3.12. The molecule has 21 heavy (non-hydrogen) atoms. The van der Waals surface area contributed by atoms with Gasteiger partial charge in [0, 0.05) is 32.7 Å². The fraction of sp³-hybridized carbons (Fsp3) is 0.588. The Kier molecular flexibility index (Phi) is 4.44. The summed E-state index contributed by atoms with van der Waals surface area (Å²) >= 11 is 0. The van der Waals surface area contributed by atoms with Gasteiger partial charge in [-0.2, -0.15) is 0 Å². The maximum Gasteiger partial charge on any atom is 0.193 e. The molecule has 0 aliphatic carbocycles. The van der Waals surface area contributed by atoms with E-state index in [9.17, 15) is 0 Å². The van der Waals surface area contributed by atoms with Crippen molar-refractivity contribution in [2.45, 2.75) is 25.9 Å². The number of guanidine groups is 1. The molecule has 114 valence electrons. The zero-order valence-electron chi connectivity index (χ0n) is 13.0. The molecule has 2 aliphatic rings. The van der Waals surface area contributed by atoms with Crippen LogP contribution in [0.25, 0.3) is 0 Å². The third kappa shape index (κ3) is 3.38. The predicted molar refractivity (Wildman–Crippen MR) is 85.5 cm³/mol. The van der Waals surface area contributed by atoms with Crippen LogP contribution in [0.5, 0.6) is 0 Å². The summed E-state index contributed by atoms with van der Waals surface area (Å²) in [6, 6.07) is 8.76. The number of benzene rings is 1. The first-order valence-electron chi connectivity index (χ1n) is 7.91. The lowest BCUT2D eigenvalue weighted by Crippen LogP contribution is -2.40. The quantitative estimate of drug-likeness (QED) is 0.927. The van der Waals surface area contributed by atoms with Crippen LogP contribution < -0.4 is 5.32 Å². The van der Waals surface area contributed by atoms with Gasteiger partial charge in [0.05, 0.1) is 12.6 Å². The number of nitrogens with one attached hydrogen (secondary N) is 1. The smallest absolute Gasteiger partial charge is 0.193 e. The van der Waals surface area contributed by atoms with Crippen molar-refractivity contribution >= 4 is 5.96 Å². The Morgan fingerprint density at radius 1 is 1.33 bits per heavy atom. The van der Waals surface area contributed by atoms with Crippen molar-refractivity contribution in [2.24, 2.45) is 10.9 Å². The molecular formula is C17H25N3O. The van der Waals surface area contributed by atoms with Crippen molar-refractivity contribution in [3.05, 3.63) is 35.4 Å². The van der Waals surface area contributed by atoms with E-state index in [4.69, 9.17) is 4.74 Å². The van der Waals surface area contributed by atoms with Gasteiger partial charge in [-0.05, 0) is 25.3 Å². The van der Waals surface area contributed by atoms with E-state index >= 15 is 0 Å². The largest absolute Gasteiger partial charge is 0.373 e. The number of aryl methyl sites for hydroxylation is 1. The van der Waals surface area contributed by atoms with Gasteiger partial charge < -0.3 is 15.0 Å². The van der Waals surface area contributed by atoms with Gasteiger partial charge in [0.15, 0.2) is 5.96 Å². The monoisotopic (exact) mass is 287 g/mol. The minimum atomic E-state index is 0.208. The van der Waals surface area contributed by atoms with E-state index in [1.807, 2.05) is 0 Å². The highest BCUT2D eigenvalue weighted by molar-refractivity contribution is 5.81. The van der Waals surface area contributed by atoms with Gasteiger partial charge in [-0.15, -0.1) is 0 Å². The van der Waals surface area contributed by atoms with Crippen molar-refractivity contribution < 1.29 is 4.74 Å². The molecule has 0 aromatic heterocycles. The van der Waals surface area contributed by atoms with Crippen molar-refractivity contribution in [3.8, 4) is 0 Å². The Bertz CT molecular complexity index is 497. The number of aliphatic imine (C=N–C) groups is 1. The molecule has 0 spiro atoms. The van der Waals surface area contributed by atoms with Crippen molar-refractivity contribution in [3.63, 3.8) is 0 Å². The van der Waals surface area contributed by atoms with Crippen LogP contribution in [0, 0.1) is 12.8 Å². The van der Waals surface area contributed by atoms with E-state index in [2.05, 4.69) is 53.4 Å². The van der Waals surface area contributed by atoms with E-state index in [-0.39, 0.29) is 6.10 Å². The number of hydrogen-bond acceptors (Lipinski definition) is 4. The maximum atomic E-state index is 6.07. The molecule has 0 bridgehead atoms. The molecule has 3 rings (SSSR count). The summed E-state index contributed by atoms with van der Waals surface area (Å²) in [5.41, 5.74) is 2.60. The second kappa shape index (κ2) is 6.48. The molecule has 4 heteroatoms. The molecule has 0 radical (unpaired) electrons. The van der Waals surface area contributed by atoms with E-state index in [0.29, 0.717) is 5.92 Å². The van der Waals surface area contributed by atoms with E-state index in [0.717, 1.165) is 38.6 Å². The van der Waals surface area contributed by atoms with Gasteiger partial charge in [0.1, 0.15) is 0 Å². The molecule has 1 aromatic rings. The average Bonchev–Trinajstić information content (AvgIpc) is 2.92. The topological polar surface area (TPSA) is 36.9 Å². The van der Waals surface area contributed by atoms with Gasteiger partial charge in [-0.1, -0.05) is 29.8 Å². The molecule has 2 heterocycles. The minimum Gasteiger partial charge on any atom is -0.373 e. The van der Waals surface area contributed by atoms with Crippen LogP contribution in [0.3, 0.4) is 0 Å². The summed E-state index contributed by atoms with van der Waals surface area (Å²) in [6.07, 6.45) is 2.57. The predicted octanol–water partition coefficient (Wildman–Crippen LogP) is 2.35. The average molecular weight is 287 g/mol. The molecule has 2 unspecified atom stereocenters. The molecule has 2 atom stereocenters. The number of nitrogens with zero attached hydrogens (tertiary/aromatic N) is 2. The highest BCUT2D eigenvalue weighted by Crippen LogP contribution is 2.33. The van der Waals surface area contributed by atoms with Crippen LogP contribution in [0.15, 0.2) is 29.3 Å². The van der Waals surface area contributed by atoms with Crippen LogP contribution in [-0.2, 0) is 4.74 Å². The fourth-order valence-electron chi connectivity index (χ4n) is 3.12. The van der Waals surface area contributed by atoms with Gasteiger partial charge in [0.2, 0.25) is 0 Å². The summed E-state index contributed by atoms with van der Waals surface area (Å²) in [7, 11) is 2.09. The molecule has 1 saturated heterocycles. The lowest BCUT2D eigenvalue weighted by Gasteiger charge is -2.33. The SMILES string of the molecule is Cc1ccc(C2OCCCC2CNC2=NCCN2C)cc1.